The van der Waals surface area contributed by atoms with Crippen molar-refractivity contribution in [2.75, 3.05) is 0 Å². The lowest BCUT2D eigenvalue weighted by atomic mass is 10.1. The Kier molecular flexibility index (Phi) is 5.14. The van der Waals surface area contributed by atoms with Crippen molar-refractivity contribution < 1.29 is 8.83 Å². The number of nitrogens with one attached hydrogen (secondary N) is 2. The predicted molar refractivity (Wildman–Crippen MR) is 130 cm³/mol. The molecule has 0 aliphatic rings. The Bertz CT molecular complexity index is 1490. The number of allylic oxidation sites excluding steroid dienone is 4. The molecule has 2 aromatic carbocycles. The number of aromatic amines is 1. The minimum atomic E-state index is 0.544. The molecule has 0 aliphatic carbocycles. The van der Waals surface area contributed by atoms with Crippen LogP contribution in [0.4, 0.5) is 0 Å². The number of fused-ring (bicyclic) bond motifs is 2. The van der Waals surface area contributed by atoms with E-state index in [0.29, 0.717) is 5.71 Å². The molecule has 0 unspecified atom stereocenters. The lowest BCUT2D eigenvalue weighted by Gasteiger charge is -1.95. The highest BCUT2D eigenvalue weighted by Crippen LogP contribution is 2.25. The number of aromatic nitrogens is 2. The second-order valence-electron chi connectivity index (χ2n) is 7.47. The zero-order valence-electron chi connectivity index (χ0n) is 17.5. The second-order valence-corrected chi connectivity index (χ2v) is 7.47. The number of hydrogen-bond donors (Lipinski definition) is 2. The SMILES string of the molecule is CC(=N)c1ccc2oc(/C=C/C=C/C=C/c3cc4cc(-c5ncc[nH]5)ccc4o3)cc2c1. The van der Waals surface area contributed by atoms with E-state index in [2.05, 4.69) is 16.0 Å². The molecule has 0 spiro atoms. The summed E-state index contributed by atoms with van der Waals surface area (Å²) in [5.41, 5.74) is 4.14. The summed E-state index contributed by atoms with van der Waals surface area (Å²) in [5.74, 6) is 2.41. The summed E-state index contributed by atoms with van der Waals surface area (Å²) >= 11 is 0. The second kappa shape index (κ2) is 8.40. The Morgan fingerprint density at radius 3 is 2.12 bits per heavy atom. The molecule has 0 atom stereocenters. The molecule has 0 amide bonds. The number of hydrogen-bond acceptors (Lipinski definition) is 4. The Morgan fingerprint density at radius 1 is 0.844 bits per heavy atom. The molecule has 156 valence electrons. The van der Waals surface area contributed by atoms with Crippen molar-refractivity contribution in [3.63, 3.8) is 0 Å². The van der Waals surface area contributed by atoms with E-state index in [0.717, 1.165) is 50.4 Å². The van der Waals surface area contributed by atoms with Crippen molar-refractivity contribution in [2.45, 2.75) is 6.92 Å². The summed E-state index contributed by atoms with van der Waals surface area (Å²) in [6, 6.07) is 15.8. The van der Waals surface area contributed by atoms with Crippen LogP contribution in [0.2, 0.25) is 0 Å². The molecule has 0 radical (unpaired) electrons. The van der Waals surface area contributed by atoms with Gasteiger partial charge in [-0.25, -0.2) is 4.98 Å². The minimum absolute atomic E-state index is 0.544. The van der Waals surface area contributed by atoms with E-state index in [9.17, 15) is 0 Å². The van der Waals surface area contributed by atoms with E-state index in [1.165, 1.54) is 0 Å². The normalized spacial score (nSPS) is 12.3. The van der Waals surface area contributed by atoms with Crippen LogP contribution in [-0.4, -0.2) is 15.7 Å². The molecular weight excluding hydrogens is 398 g/mol. The number of H-pyrrole nitrogens is 1. The van der Waals surface area contributed by atoms with Gasteiger partial charge in [-0.2, -0.15) is 0 Å². The number of furan rings is 2. The highest BCUT2D eigenvalue weighted by molar-refractivity contribution is 5.99. The fourth-order valence-electron chi connectivity index (χ4n) is 3.52. The molecule has 0 aliphatic heterocycles. The Balaban J connectivity index is 1.25. The molecule has 0 saturated carbocycles. The predicted octanol–water partition coefficient (Wildman–Crippen LogP) is 7.24. The van der Waals surface area contributed by atoms with Gasteiger partial charge in [-0.15, -0.1) is 0 Å². The zero-order chi connectivity index (χ0) is 21.9. The van der Waals surface area contributed by atoms with E-state index in [1.807, 2.05) is 85.1 Å². The van der Waals surface area contributed by atoms with Gasteiger partial charge in [-0.3, -0.25) is 0 Å². The van der Waals surface area contributed by atoms with Gasteiger partial charge in [0, 0.05) is 34.4 Å². The largest absolute Gasteiger partial charge is 0.457 e. The fraction of sp³-hybridized carbons (Fsp3) is 0.0370. The first-order valence-electron chi connectivity index (χ1n) is 10.3. The van der Waals surface area contributed by atoms with E-state index < -0.39 is 0 Å². The van der Waals surface area contributed by atoms with Gasteiger partial charge in [0.2, 0.25) is 0 Å². The molecular formula is C27H21N3O2. The van der Waals surface area contributed by atoms with Crippen LogP contribution >= 0.6 is 0 Å². The van der Waals surface area contributed by atoms with Crippen molar-refractivity contribution in [1.29, 1.82) is 5.41 Å². The van der Waals surface area contributed by atoms with Crippen LogP contribution in [0.1, 0.15) is 24.0 Å². The average molecular weight is 419 g/mol. The maximum atomic E-state index is 7.75. The van der Waals surface area contributed by atoms with Gasteiger partial charge in [0.15, 0.2) is 0 Å². The zero-order valence-corrected chi connectivity index (χ0v) is 17.5. The van der Waals surface area contributed by atoms with Crippen LogP contribution in [0.5, 0.6) is 0 Å². The van der Waals surface area contributed by atoms with Gasteiger partial charge < -0.3 is 19.2 Å². The quantitative estimate of drug-likeness (QED) is 0.225. The molecule has 0 bridgehead atoms. The maximum absolute atomic E-state index is 7.75. The van der Waals surface area contributed by atoms with Gasteiger partial charge in [0.25, 0.3) is 0 Å². The van der Waals surface area contributed by atoms with Crippen LogP contribution < -0.4 is 0 Å². The maximum Gasteiger partial charge on any atom is 0.137 e. The molecule has 5 aromatic rings. The molecule has 5 rings (SSSR count). The summed E-state index contributed by atoms with van der Waals surface area (Å²) in [5, 5.41) is 9.79. The topological polar surface area (TPSA) is 78.8 Å². The van der Waals surface area contributed by atoms with Gasteiger partial charge in [-0.05, 0) is 73.2 Å². The van der Waals surface area contributed by atoms with E-state index >= 15 is 0 Å². The summed E-state index contributed by atoms with van der Waals surface area (Å²) in [6.45, 7) is 1.78. The fourth-order valence-corrected chi connectivity index (χ4v) is 3.52. The lowest BCUT2D eigenvalue weighted by Crippen LogP contribution is -1.89. The Morgan fingerprint density at radius 2 is 1.50 bits per heavy atom. The van der Waals surface area contributed by atoms with Gasteiger partial charge >= 0.3 is 0 Å². The van der Waals surface area contributed by atoms with Crippen LogP contribution in [0.3, 0.4) is 0 Å². The Labute approximate surface area is 184 Å². The van der Waals surface area contributed by atoms with Crippen molar-refractivity contribution in [2.24, 2.45) is 0 Å². The third kappa shape index (κ3) is 4.09. The van der Waals surface area contributed by atoms with Crippen molar-refractivity contribution in [3.8, 4) is 11.4 Å². The smallest absolute Gasteiger partial charge is 0.137 e. The molecule has 3 heterocycles. The highest BCUT2D eigenvalue weighted by atomic mass is 16.3. The monoisotopic (exact) mass is 419 g/mol. The summed E-state index contributed by atoms with van der Waals surface area (Å²) in [4.78, 5) is 7.41. The number of imidazole rings is 1. The summed E-state index contributed by atoms with van der Waals surface area (Å²) in [6.07, 6.45) is 15.1. The highest BCUT2D eigenvalue weighted by Gasteiger charge is 2.05. The molecule has 2 N–H and O–H groups in total. The van der Waals surface area contributed by atoms with Crippen molar-refractivity contribution in [3.05, 3.63) is 102 Å². The van der Waals surface area contributed by atoms with Crippen LogP contribution in [-0.2, 0) is 0 Å². The first-order valence-corrected chi connectivity index (χ1v) is 10.3. The van der Waals surface area contributed by atoms with Gasteiger partial charge in [0.05, 0.1) is 0 Å². The number of nitrogens with zero attached hydrogens (tertiary/aromatic N) is 1. The standard InChI is InChI=1S/C27H21N3O2/c1-18(28)19-8-10-25-21(14-19)16-23(31-25)6-4-2-3-5-7-24-17-22-15-20(9-11-26(22)32-24)27-29-12-13-30-27/h2-17,28H,1H3,(H,29,30)/b3-2+,6-4+,7-5+,28-18?. The number of benzene rings is 2. The van der Waals surface area contributed by atoms with Gasteiger partial charge in [0.1, 0.15) is 28.5 Å². The van der Waals surface area contributed by atoms with E-state index in [1.54, 1.807) is 13.1 Å². The third-order valence-electron chi connectivity index (χ3n) is 5.13. The van der Waals surface area contributed by atoms with Crippen LogP contribution in [0.15, 0.2) is 94.1 Å². The molecule has 0 fully saturated rings. The van der Waals surface area contributed by atoms with Gasteiger partial charge in [-0.1, -0.05) is 24.3 Å². The first-order chi connectivity index (χ1) is 15.7. The molecule has 5 nitrogen and oxygen atoms in total. The third-order valence-corrected chi connectivity index (χ3v) is 5.13. The molecule has 0 saturated heterocycles. The molecule has 32 heavy (non-hydrogen) atoms. The summed E-state index contributed by atoms with van der Waals surface area (Å²) < 4.78 is 11.7. The first kappa shape index (κ1) is 19.6. The Hall–Kier alpha value is -4.38. The van der Waals surface area contributed by atoms with Crippen molar-refractivity contribution >= 4 is 39.8 Å². The van der Waals surface area contributed by atoms with Crippen molar-refractivity contribution in [1.82, 2.24) is 9.97 Å². The molecule has 5 heteroatoms. The average Bonchev–Trinajstić information content (AvgIpc) is 3.53. The van der Waals surface area contributed by atoms with E-state index in [-0.39, 0.29) is 0 Å². The van der Waals surface area contributed by atoms with Crippen LogP contribution in [0, 0.1) is 5.41 Å². The van der Waals surface area contributed by atoms with E-state index in [4.69, 9.17) is 14.2 Å². The van der Waals surface area contributed by atoms with Crippen LogP contribution in [0.25, 0.3) is 45.5 Å². The molecule has 3 aromatic heterocycles. The number of rotatable bonds is 6. The minimum Gasteiger partial charge on any atom is -0.457 e. The summed E-state index contributed by atoms with van der Waals surface area (Å²) in [7, 11) is 0. The lowest BCUT2D eigenvalue weighted by molar-refractivity contribution is 0.604.